The van der Waals surface area contributed by atoms with Gasteiger partial charge in [-0.3, -0.25) is 5.32 Å². The summed E-state index contributed by atoms with van der Waals surface area (Å²) in [7, 11) is 0. The van der Waals surface area contributed by atoms with Gasteiger partial charge in [-0.25, -0.2) is 4.79 Å². The molecule has 18 heavy (non-hydrogen) atoms. The van der Waals surface area contributed by atoms with Gasteiger partial charge < -0.3 is 5.11 Å². The molecule has 0 aliphatic carbocycles. The number of aliphatic carboxylic acids is 1. The predicted octanol–water partition coefficient (Wildman–Crippen LogP) is 2.95. The zero-order valence-electron chi connectivity index (χ0n) is 11.4. The average Bonchev–Trinajstić information content (AvgIpc) is 2.35. The highest BCUT2D eigenvalue weighted by Crippen LogP contribution is 2.24. The Balaban J connectivity index is 2.98. The summed E-state index contributed by atoms with van der Waals surface area (Å²) in [5.74, 6) is -0.436. The van der Waals surface area contributed by atoms with Crippen LogP contribution in [0.2, 0.25) is 0 Å². The van der Waals surface area contributed by atoms with E-state index in [0.717, 1.165) is 10.5 Å². The van der Waals surface area contributed by atoms with Gasteiger partial charge in [0, 0.05) is 4.90 Å². The van der Waals surface area contributed by atoms with E-state index in [-0.39, 0.29) is 0 Å². The van der Waals surface area contributed by atoms with E-state index >= 15 is 0 Å². The summed E-state index contributed by atoms with van der Waals surface area (Å²) < 4.78 is 0. The standard InChI is InChI=1S/C14H21NO2S/c1-10(2)9-15-14(3,13(16)17)11-5-7-12(18-4)8-6-11/h5-8,10,15H,9H2,1-4H3,(H,16,17). The van der Waals surface area contributed by atoms with Crippen LogP contribution in [0, 0.1) is 5.92 Å². The molecule has 1 unspecified atom stereocenters. The third-order valence-corrected chi connectivity index (χ3v) is 3.70. The van der Waals surface area contributed by atoms with Gasteiger partial charge in [-0.1, -0.05) is 26.0 Å². The molecule has 0 fully saturated rings. The Morgan fingerprint density at radius 2 is 1.94 bits per heavy atom. The van der Waals surface area contributed by atoms with Gasteiger partial charge in [-0.15, -0.1) is 11.8 Å². The summed E-state index contributed by atoms with van der Waals surface area (Å²) in [6.45, 7) is 6.51. The van der Waals surface area contributed by atoms with Crippen LogP contribution in [0.3, 0.4) is 0 Å². The Hall–Kier alpha value is -1.00. The minimum absolute atomic E-state index is 0.411. The smallest absolute Gasteiger partial charge is 0.328 e. The molecule has 0 bridgehead atoms. The molecule has 0 aromatic heterocycles. The molecule has 0 saturated carbocycles. The molecule has 1 aromatic carbocycles. The first-order chi connectivity index (χ1) is 8.40. The van der Waals surface area contributed by atoms with E-state index in [1.165, 1.54) is 0 Å². The zero-order valence-corrected chi connectivity index (χ0v) is 12.2. The summed E-state index contributed by atoms with van der Waals surface area (Å²) in [5.41, 5.74) is -0.241. The van der Waals surface area contributed by atoms with Crippen LogP contribution in [0.1, 0.15) is 26.3 Å². The number of hydrogen-bond donors (Lipinski definition) is 2. The van der Waals surface area contributed by atoms with Crippen molar-refractivity contribution in [1.29, 1.82) is 0 Å². The fourth-order valence-corrected chi connectivity index (χ4v) is 2.04. The maximum atomic E-state index is 11.5. The zero-order chi connectivity index (χ0) is 13.8. The van der Waals surface area contributed by atoms with E-state index in [4.69, 9.17) is 0 Å². The van der Waals surface area contributed by atoms with Gasteiger partial charge >= 0.3 is 5.97 Å². The monoisotopic (exact) mass is 267 g/mol. The van der Waals surface area contributed by atoms with Gasteiger partial charge in [-0.05, 0) is 43.3 Å². The first-order valence-corrected chi connectivity index (χ1v) is 7.25. The number of thioether (sulfide) groups is 1. The topological polar surface area (TPSA) is 49.3 Å². The molecule has 1 aromatic rings. The Morgan fingerprint density at radius 3 is 2.33 bits per heavy atom. The van der Waals surface area contributed by atoms with Gasteiger partial charge in [-0.2, -0.15) is 0 Å². The minimum atomic E-state index is -1.03. The maximum absolute atomic E-state index is 11.5. The molecule has 1 atom stereocenters. The van der Waals surface area contributed by atoms with Crippen molar-refractivity contribution in [3.8, 4) is 0 Å². The molecule has 0 saturated heterocycles. The fraction of sp³-hybridized carbons (Fsp3) is 0.500. The molecule has 0 spiro atoms. The molecule has 4 heteroatoms. The number of nitrogens with one attached hydrogen (secondary N) is 1. The third kappa shape index (κ3) is 3.50. The molecule has 0 aliphatic rings. The van der Waals surface area contributed by atoms with Gasteiger partial charge in [0.25, 0.3) is 0 Å². The molecule has 0 amide bonds. The highest BCUT2D eigenvalue weighted by Gasteiger charge is 2.34. The highest BCUT2D eigenvalue weighted by molar-refractivity contribution is 7.98. The lowest BCUT2D eigenvalue weighted by molar-refractivity contribution is -0.144. The van der Waals surface area contributed by atoms with Crippen molar-refractivity contribution in [3.63, 3.8) is 0 Å². The van der Waals surface area contributed by atoms with Gasteiger partial charge in [0.1, 0.15) is 5.54 Å². The number of rotatable bonds is 6. The Morgan fingerprint density at radius 1 is 1.39 bits per heavy atom. The van der Waals surface area contributed by atoms with Crippen molar-refractivity contribution >= 4 is 17.7 Å². The molecule has 0 radical (unpaired) electrons. The predicted molar refractivity (Wildman–Crippen MR) is 76.1 cm³/mol. The van der Waals surface area contributed by atoms with E-state index in [2.05, 4.69) is 19.2 Å². The Kier molecular flexibility index (Phi) is 5.23. The fourth-order valence-electron chi connectivity index (χ4n) is 1.63. The van der Waals surface area contributed by atoms with Crippen LogP contribution in [-0.4, -0.2) is 23.9 Å². The highest BCUT2D eigenvalue weighted by atomic mass is 32.2. The maximum Gasteiger partial charge on any atom is 0.328 e. The lowest BCUT2D eigenvalue weighted by Gasteiger charge is -2.28. The second-order valence-corrected chi connectivity index (χ2v) is 5.81. The van der Waals surface area contributed by atoms with Crippen molar-refractivity contribution in [3.05, 3.63) is 29.8 Å². The third-order valence-electron chi connectivity index (χ3n) is 2.96. The van der Waals surface area contributed by atoms with Crippen LogP contribution in [0.25, 0.3) is 0 Å². The summed E-state index contributed by atoms with van der Waals surface area (Å²) in [5, 5.41) is 12.6. The van der Waals surface area contributed by atoms with Crippen LogP contribution in [-0.2, 0) is 10.3 Å². The first-order valence-electron chi connectivity index (χ1n) is 6.03. The van der Waals surface area contributed by atoms with E-state index in [0.29, 0.717) is 12.5 Å². The quantitative estimate of drug-likeness (QED) is 0.778. The van der Waals surface area contributed by atoms with Gasteiger partial charge in [0.15, 0.2) is 0 Å². The van der Waals surface area contributed by atoms with E-state index < -0.39 is 11.5 Å². The molecule has 100 valence electrons. The second kappa shape index (κ2) is 6.25. The molecule has 0 heterocycles. The van der Waals surface area contributed by atoms with Crippen molar-refractivity contribution in [1.82, 2.24) is 5.32 Å². The summed E-state index contributed by atoms with van der Waals surface area (Å²) in [4.78, 5) is 12.7. The molecule has 1 rings (SSSR count). The molecule has 2 N–H and O–H groups in total. The number of carboxylic acids is 1. The van der Waals surface area contributed by atoms with Crippen LogP contribution < -0.4 is 5.32 Å². The molecule has 3 nitrogen and oxygen atoms in total. The van der Waals surface area contributed by atoms with Crippen LogP contribution in [0.5, 0.6) is 0 Å². The summed E-state index contributed by atoms with van der Waals surface area (Å²) in [6.07, 6.45) is 2.00. The van der Waals surface area contributed by atoms with E-state index in [9.17, 15) is 9.90 Å². The van der Waals surface area contributed by atoms with Crippen LogP contribution in [0.15, 0.2) is 29.2 Å². The van der Waals surface area contributed by atoms with Crippen LogP contribution >= 0.6 is 11.8 Å². The average molecular weight is 267 g/mol. The van der Waals surface area contributed by atoms with E-state index in [1.54, 1.807) is 18.7 Å². The normalized spacial score (nSPS) is 14.5. The number of carbonyl (C=O) groups is 1. The number of hydrogen-bond acceptors (Lipinski definition) is 3. The lowest BCUT2D eigenvalue weighted by atomic mass is 9.91. The Labute approximate surface area is 113 Å². The number of benzene rings is 1. The first kappa shape index (κ1) is 15.1. The summed E-state index contributed by atoms with van der Waals surface area (Å²) in [6, 6.07) is 7.68. The lowest BCUT2D eigenvalue weighted by Crippen LogP contribution is -2.48. The minimum Gasteiger partial charge on any atom is -0.480 e. The van der Waals surface area contributed by atoms with Gasteiger partial charge in [0.2, 0.25) is 0 Å². The Bertz CT molecular complexity index is 403. The van der Waals surface area contributed by atoms with Crippen molar-refractivity contribution < 1.29 is 9.90 Å². The summed E-state index contributed by atoms with van der Waals surface area (Å²) >= 11 is 1.65. The largest absolute Gasteiger partial charge is 0.480 e. The SMILES string of the molecule is CSc1ccc(C(C)(NCC(C)C)C(=O)O)cc1. The van der Waals surface area contributed by atoms with Crippen molar-refractivity contribution in [2.24, 2.45) is 5.92 Å². The number of carboxylic acid groups (broad SMARTS) is 1. The molecular weight excluding hydrogens is 246 g/mol. The molecular formula is C14H21NO2S. The van der Waals surface area contributed by atoms with Gasteiger partial charge in [0.05, 0.1) is 0 Å². The second-order valence-electron chi connectivity index (χ2n) is 4.93. The molecule has 0 aliphatic heterocycles. The van der Waals surface area contributed by atoms with Crippen LogP contribution in [0.4, 0.5) is 0 Å². The van der Waals surface area contributed by atoms with Crippen molar-refractivity contribution in [2.45, 2.75) is 31.2 Å². The van der Waals surface area contributed by atoms with E-state index in [1.807, 2.05) is 30.5 Å². The van der Waals surface area contributed by atoms with Crippen molar-refractivity contribution in [2.75, 3.05) is 12.8 Å².